The Bertz CT molecular complexity index is 946. The molecular formula is C23H21NO. The Hall–Kier alpha value is -2.74. The average Bonchev–Trinajstić information content (AvgIpc) is 3.10. The quantitative estimate of drug-likeness (QED) is 0.655. The van der Waals surface area contributed by atoms with Crippen LogP contribution in [0.4, 0.5) is 5.69 Å². The van der Waals surface area contributed by atoms with Crippen molar-refractivity contribution in [2.45, 2.75) is 18.9 Å². The van der Waals surface area contributed by atoms with Crippen LogP contribution in [0, 0.1) is 0 Å². The first-order valence-corrected chi connectivity index (χ1v) is 8.96. The van der Waals surface area contributed by atoms with Gasteiger partial charge in [0.25, 0.3) is 0 Å². The molecule has 1 unspecified atom stereocenters. The lowest BCUT2D eigenvalue weighted by atomic mass is 9.82. The van der Waals surface area contributed by atoms with Gasteiger partial charge in [0.2, 0.25) is 0 Å². The Labute approximate surface area is 148 Å². The molecule has 0 N–H and O–H groups in total. The molecular weight excluding hydrogens is 306 g/mol. The molecule has 3 aromatic rings. The van der Waals surface area contributed by atoms with Gasteiger partial charge >= 0.3 is 0 Å². The van der Waals surface area contributed by atoms with Crippen LogP contribution >= 0.6 is 0 Å². The second-order valence-electron chi connectivity index (χ2n) is 6.90. The van der Waals surface area contributed by atoms with Crippen LogP contribution in [-0.2, 0) is 12.8 Å². The van der Waals surface area contributed by atoms with Crippen molar-refractivity contribution in [3.05, 3.63) is 83.4 Å². The average molecular weight is 327 g/mol. The van der Waals surface area contributed by atoms with Gasteiger partial charge in [-0.2, -0.15) is 0 Å². The molecule has 0 amide bonds. The normalized spacial score (nSPS) is 17.6. The van der Waals surface area contributed by atoms with Crippen molar-refractivity contribution in [2.24, 2.45) is 0 Å². The van der Waals surface area contributed by atoms with Crippen LogP contribution in [0.15, 0.2) is 66.7 Å². The summed E-state index contributed by atoms with van der Waals surface area (Å²) in [7, 11) is 1.74. The second-order valence-corrected chi connectivity index (χ2v) is 6.90. The van der Waals surface area contributed by atoms with E-state index in [1.165, 1.54) is 33.5 Å². The van der Waals surface area contributed by atoms with Crippen molar-refractivity contribution in [2.75, 3.05) is 18.6 Å². The van der Waals surface area contributed by atoms with Crippen molar-refractivity contribution >= 4 is 5.69 Å². The molecule has 2 heteroatoms. The number of hydrogen-bond acceptors (Lipinski definition) is 2. The molecule has 0 radical (unpaired) electrons. The van der Waals surface area contributed by atoms with Gasteiger partial charge in [-0.05, 0) is 58.9 Å². The number of methoxy groups -OCH3 is 1. The maximum absolute atomic E-state index is 5.40. The minimum Gasteiger partial charge on any atom is -0.497 e. The van der Waals surface area contributed by atoms with Gasteiger partial charge in [0.05, 0.1) is 13.2 Å². The van der Waals surface area contributed by atoms with Gasteiger partial charge in [0.15, 0.2) is 0 Å². The predicted molar refractivity (Wildman–Crippen MR) is 102 cm³/mol. The number of rotatable bonds is 2. The number of benzene rings is 3. The van der Waals surface area contributed by atoms with Gasteiger partial charge in [0.1, 0.15) is 5.75 Å². The summed E-state index contributed by atoms with van der Waals surface area (Å²) in [6, 6.07) is 24.6. The fourth-order valence-corrected chi connectivity index (χ4v) is 4.44. The summed E-state index contributed by atoms with van der Waals surface area (Å²) in [6.45, 7) is 1.07. The third-order valence-corrected chi connectivity index (χ3v) is 5.63. The summed E-state index contributed by atoms with van der Waals surface area (Å²) in [5, 5.41) is 0. The zero-order valence-electron chi connectivity index (χ0n) is 14.4. The highest BCUT2D eigenvalue weighted by molar-refractivity contribution is 5.75. The van der Waals surface area contributed by atoms with Gasteiger partial charge in [-0.15, -0.1) is 0 Å². The van der Waals surface area contributed by atoms with E-state index in [1.54, 1.807) is 7.11 Å². The van der Waals surface area contributed by atoms with E-state index in [4.69, 9.17) is 4.74 Å². The summed E-state index contributed by atoms with van der Waals surface area (Å²) in [5.41, 5.74) is 8.44. The van der Waals surface area contributed by atoms with Crippen molar-refractivity contribution < 1.29 is 4.74 Å². The minimum absolute atomic E-state index is 0.403. The molecule has 2 aliphatic rings. The lowest BCUT2D eigenvalue weighted by Gasteiger charge is -2.36. The molecule has 1 aliphatic carbocycles. The number of fused-ring (bicyclic) bond motifs is 4. The number of nitrogens with zero attached hydrogens (tertiary/aromatic N) is 1. The molecule has 3 aromatic carbocycles. The van der Waals surface area contributed by atoms with Crippen LogP contribution in [0.2, 0.25) is 0 Å². The van der Waals surface area contributed by atoms with E-state index in [1.807, 2.05) is 0 Å². The molecule has 0 bridgehead atoms. The van der Waals surface area contributed by atoms with Gasteiger partial charge in [-0.1, -0.05) is 48.5 Å². The molecule has 5 rings (SSSR count). The lowest BCUT2D eigenvalue weighted by molar-refractivity contribution is 0.414. The minimum atomic E-state index is 0.403. The molecule has 1 atom stereocenters. The lowest BCUT2D eigenvalue weighted by Crippen LogP contribution is -2.30. The van der Waals surface area contributed by atoms with Crippen molar-refractivity contribution in [1.82, 2.24) is 0 Å². The zero-order chi connectivity index (χ0) is 16.8. The van der Waals surface area contributed by atoms with E-state index in [9.17, 15) is 0 Å². The smallest absolute Gasteiger partial charge is 0.119 e. The van der Waals surface area contributed by atoms with Crippen LogP contribution in [0.5, 0.6) is 5.75 Å². The molecule has 0 fully saturated rings. The summed E-state index contributed by atoms with van der Waals surface area (Å²) in [4.78, 5) is 2.59. The molecule has 0 spiro atoms. The van der Waals surface area contributed by atoms with E-state index in [0.29, 0.717) is 6.04 Å². The van der Waals surface area contributed by atoms with E-state index in [2.05, 4.69) is 71.6 Å². The van der Waals surface area contributed by atoms with Gasteiger partial charge in [-0.25, -0.2) is 0 Å². The third kappa shape index (κ3) is 2.25. The second kappa shape index (κ2) is 5.66. The Morgan fingerprint density at radius 3 is 2.56 bits per heavy atom. The fraction of sp³-hybridized carbons (Fsp3) is 0.217. The largest absolute Gasteiger partial charge is 0.497 e. The first-order valence-electron chi connectivity index (χ1n) is 8.96. The number of hydrogen-bond donors (Lipinski definition) is 0. The highest BCUT2D eigenvalue weighted by Gasteiger charge is 2.32. The van der Waals surface area contributed by atoms with Gasteiger partial charge in [0, 0.05) is 12.2 Å². The number of anilines is 1. The van der Waals surface area contributed by atoms with E-state index in [0.717, 1.165) is 25.1 Å². The molecule has 1 heterocycles. The first-order chi connectivity index (χ1) is 12.3. The zero-order valence-corrected chi connectivity index (χ0v) is 14.4. The van der Waals surface area contributed by atoms with E-state index < -0.39 is 0 Å². The Morgan fingerprint density at radius 2 is 1.68 bits per heavy atom. The number of ether oxygens (including phenoxy) is 1. The highest BCUT2D eigenvalue weighted by Crippen LogP contribution is 2.45. The Balaban J connectivity index is 1.61. The van der Waals surface area contributed by atoms with E-state index in [-0.39, 0.29) is 0 Å². The van der Waals surface area contributed by atoms with Crippen LogP contribution in [0.3, 0.4) is 0 Å². The maximum atomic E-state index is 5.40. The van der Waals surface area contributed by atoms with E-state index >= 15 is 0 Å². The van der Waals surface area contributed by atoms with Gasteiger partial charge < -0.3 is 9.64 Å². The van der Waals surface area contributed by atoms with Crippen LogP contribution in [0.25, 0.3) is 11.1 Å². The molecule has 124 valence electrons. The standard InChI is InChI=1S/C23H21NO/c1-25-18-10-11-22-17(14-18)12-13-24(22)23-15-16-6-2-3-7-19(16)20-8-4-5-9-21(20)23/h2-11,14,23H,12-13,15H2,1H3. The monoisotopic (exact) mass is 327 g/mol. The molecule has 25 heavy (non-hydrogen) atoms. The molecule has 1 aliphatic heterocycles. The molecule has 0 saturated heterocycles. The maximum Gasteiger partial charge on any atom is 0.119 e. The van der Waals surface area contributed by atoms with Crippen LogP contribution < -0.4 is 9.64 Å². The summed E-state index contributed by atoms with van der Waals surface area (Å²) in [5.74, 6) is 0.954. The summed E-state index contributed by atoms with van der Waals surface area (Å²) >= 11 is 0. The predicted octanol–water partition coefficient (Wildman–Crippen LogP) is 5.02. The van der Waals surface area contributed by atoms with Gasteiger partial charge in [-0.3, -0.25) is 0 Å². The highest BCUT2D eigenvalue weighted by atomic mass is 16.5. The molecule has 0 aromatic heterocycles. The van der Waals surface area contributed by atoms with Crippen LogP contribution in [-0.4, -0.2) is 13.7 Å². The molecule has 0 saturated carbocycles. The summed E-state index contributed by atoms with van der Waals surface area (Å²) in [6.07, 6.45) is 2.16. The fourth-order valence-electron chi connectivity index (χ4n) is 4.44. The van der Waals surface area contributed by atoms with Crippen LogP contribution in [0.1, 0.15) is 22.7 Å². The van der Waals surface area contributed by atoms with Crippen molar-refractivity contribution in [3.63, 3.8) is 0 Å². The van der Waals surface area contributed by atoms with Crippen molar-refractivity contribution in [1.29, 1.82) is 0 Å². The molecule has 2 nitrogen and oxygen atoms in total. The summed E-state index contributed by atoms with van der Waals surface area (Å²) < 4.78 is 5.40. The Kier molecular flexibility index (Phi) is 3.30. The SMILES string of the molecule is COc1ccc2c(c1)CCN2C1Cc2ccccc2-c2ccccc21. The topological polar surface area (TPSA) is 12.5 Å². The first kappa shape index (κ1) is 14.6. The third-order valence-electron chi connectivity index (χ3n) is 5.63. The van der Waals surface area contributed by atoms with Crippen molar-refractivity contribution in [3.8, 4) is 16.9 Å². The Morgan fingerprint density at radius 1 is 0.880 bits per heavy atom.